The molecule has 0 spiro atoms. The van der Waals surface area contributed by atoms with Crippen molar-refractivity contribution in [2.24, 2.45) is 0 Å². The molecule has 1 atom stereocenters. The van der Waals surface area contributed by atoms with Crippen LogP contribution in [0.4, 0.5) is 10.1 Å². The molecule has 4 nitrogen and oxygen atoms in total. The van der Waals surface area contributed by atoms with E-state index >= 15 is 0 Å². The molecule has 1 fully saturated rings. The summed E-state index contributed by atoms with van der Waals surface area (Å²) in [5.41, 5.74) is 2.75. The lowest BCUT2D eigenvalue weighted by Gasteiger charge is -2.35. The molecule has 0 aliphatic carbocycles. The van der Waals surface area contributed by atoms with Crippen molar-refractivity contribution in [1.29, 1.82) is 0 Å². The van der Waals surface area contributed by atoms with E-state index in [2.05, 4.69) is 9.88 Å². The van der Waals surface area contributed by atoms with Crippen LogP contribution in [0.25, 0.3) is 10.9 Å². The molecule has 2 aromatic rings. The first-order valence-electron chi connectivity index (χ1n) is 7.71. The number of hydrogen-bond acceptors (Lipinski definition) is 4. The second-order valence-electron chi connectivity index (χ2n) is 5.75. The molecule has 0 radical (unpaired) electrons. The molecule has 118 valence electrons. The standard InChI is InChI=1S/C17H21FN2O2/c1-12-9-17(15-10-13(18)4-5-16(15)19-12)20-6-2-3-14(11-20)22-8-7-21/h4-5,9-10,14,21H,2-3,6-8,11H2,1H3. The van der Waals surface area contributed by atoms with E-state index in [1.54, 1.807) is 12.1 Å². The van der Waals surface area contributed by atoms with Gasteiger partial charge in [-0.25, -0.2) is 4.39 Å². The average Bonchev–Trinajstić information content (AvgIpc) is 2.53. The Morgan fingerprint density at radius 1 is 1.41 bits per heavy atom. The van der Waals surface area contributed by atoms with Gasteiger partial charge in [-0.15, -0.1) is 0 Å². The number of halogens is 1. The number of anilines is 1. The minimum Gasteiger partial charge on any atom is -0.394 e. The molecule has 2 heterocycles. The largest absolute Gasteiger partial charge is 0.394 e. The summed E-state index contributed by atoms with van der Waals surface area (Å²) in [6, 6.07) is 6.73. The van der Waals surface area contributed by atoms with E-state index in [0.29, 0.717) is 6.61 Å². The van der Waals surface area contributed by atoms with E-state index in [9.17, 15) is 4.39 Å². The summed E-state index contributed by atoms with van der Waals surface area (Å²) in [6.45, 7) is 4.04. The fourth-order valence-electron chi connectivity index (χ4n) is 3.08. The lowest BCUT2D eigenvalue weighted by atomic mass is 10.0. The molecule has 1 unspecified atom stereocenters. The maximum absolute atomic E-state index is 13.6. The first-order chi connectivity index (χ1) is 10.7. The normalized spacial score (nSPS) is 18.9. The second kappa shape index (κ2) is 6.58. The summed E-state index contributed by atoms with van der Waals surface area (Å²) >= 11 is 0. The number of benzene rings is 1. The Bertz CT molecular complexity index is 662. The number of nitrogens with zero attached hydrogens (tertiary/aromatic N) is 2. The summed E-state index contributed by atoms with van der Waals surface area (Å²) in [5.74, 6) is -0.246. The molecule has 0 bridgehead atoms. The van der Waals surface area contributed by atoms with Gasteiger partial charge in [-0.05, 0) is 44.0 Å². The zero-order valence-corrected chi connectivity index (χ0v) is 12.8. The zero-order valence-electron chi connectivity index (χ0n) is 12.8. The second-order valence-corrected chi connectivity index (χ2v) is 5.75. The predicted octanol–water partition coefficient (Wildman–Crippen LogP) is 2.66. The van der Waals surface area contributed by atoms with Crippen LogP contribution in [0, 0.1) is 12.7 Å². The van der Waals surface area contributed by atoms with Crippen LogP contribution < -0.4 is 4.90 Å². The van der Waals surface area contributed by atoms with Gasteiger partial charge in [0, 0.05) is 29.9 Å². The lowest BCUT2D eigenvalue weighted by molar-refractivity contribution is 0.0215. The molecule has 0 amide bonds. The highest BCUT2D eigenvalue weighted by molar-refractivity contribution is 5.92. The zero-order chi connectivity index (χ0) is 15.5. The lowest BCUT2D eigenvalue weighted by Crippen LogP contribution is -2.40. The molecular weight excluding hydrogens is 283 g/mol. The summed E-state index contributed by atoms with van der Waals surface area (Å²) in [5, 5.41) is 9.74. The highest BCUT2D eigenvalue weighted by Crippen LogP contribution is 2.30. The molecule has 1 aliphatic heterocycles. The number of hydrogen-bond donors (Lipinski definition) is 1. The van der Waals surface area contributed by atoms with Crippen LogP contribution in [0.1, 0.15) is 18.5 Å². The predicted molar refractivity (Wildman–Crippen MR) is 84.7 cm³/mol. The van der Waals surface area contributed by atoms with Crippen LogP contribution in [0.3, 0.4) is 0 Å². The number of rotatable bonds is 4. The SMILES string of the molecule is Cc1cc(N2CCCC(OCCO)C2)c2cc(F)ccc2n1. The van der Waals surface area contributed by atoms with Crippen molar-refractivity contribution in [2.75, 3.05) is 31.2 Å². The quantitative estimate of drug-likeness (QED) is 0.943. The van der Waals surface area contributed by atoms with Crippen LogP contribution in [0.15, 0.2) is 24.3 Å². The molecule has 0 saturated carbocycles. The number of fused-ring (bicyclic) bond motifs is 1. The number of aromatic nitrogens is 1. The third kappa shape index (κ3) is 3.20. The van der Waals surface area contributed by atoms with Crippen molar-refractivity contribution in [3.05, 3.63) is 35.8 Å². The Kier molecular flexibility index (Phi) is 4.55. The molecule has 1 saturated heterocycles. The molecule has 5 heteroatoms. The maximum atomic E-state index is 13.6. The Balaban J connectivity index is 1.93. The highest BCUT2D eigenvalue weighted by Gasteiger charge is 2.22. The van der Waals surface area contributed by atoms with E-state index in [1.807, 2.05) is 13.0 Å². The van der Waals surface area contributed by atoms with Gasteiger partial charge in [-0.3, -0.25) is 4.98 Å². The first-order valence-corrected chi connectivity index (χ1v) is 7.71. The van der Waals surface area contributed by atoms with Gasteiger partial charge >= 0.3 is 0 Å². The van der Waals surface area contributed by atoms with Crippen molar-refractivity contribution in [3.8, 4) is 0 Å². The van der Waals surface area contributed by atoms with Crippen LogP contribution >= 0.6 is 0 Å². The van der Waals surface area contributed by atoms with Gasteiger partial charge in [0.2, 0.25) is 0 Å². The minimum atomic E-state index is -0.246. The van der Waals surface area contributed by atoms with Crippen molar-refractivity contribution < 1.29 is 14.2 Å². The third-order valence-corrected chi connectivity index (χ3v) is 4.04. The Hall–Kier alpha value is -1.72. The van der Waals surface area contributed by atoms with Crippen LogP contribution in [-0.4, -0.2) is 42.5 Å². The molecule has 1 aromatic heterocycles. The van der Waals surface area contributed by atoms with E-state index in [0.717, 1.165) is 48.2 Å². The van der Waals surface area contributed by atoms with Gasteiger partial charge in [0.15, 0.2) is 0 Å². The summed E-state index contributed by atoms with van der Waals surface area (Å²) in [7, 11) is 0. The molecule has 22 heavy (non-hydrogen) atoms. The van der Waals surface area contributed by atoms with Crippen molar-refractivity contribution in [3.63, 3.8) is 0 Å². The molecule has 1 aliphatic rings. The molecule has 1 aromatic carbocycles. The van der Waals surface area contributed by atoms with Gasteiger partial charge in [0.05, 0.1) is 24.8 Å². The van der Waals surface area contributed by atoms with Gasteiger partial charge in [0.25, 0.3) is 0 Å². The topological polar surface area (TPSA) is 45.6 Å². The Labute approximate surface area is 129 Å². The number of piperidine rings is 1. The number of ether oxygens (including phenoxy) is 1. The highest BCUT2D eigenvalue weighted by atomic mass is 19.1. The van der Waals surface area contributed by atoms with Gasteiger partial charge < -0.3 is 14.7 Å². The average molecular weight is 304 g/mol. The van der Waals surface area contributed by atoms with E-state index in [4.69, 9.17) is 9.84 Å². The van der Waals surface area contributed by atoms with Crippen molar-refractivity contribution in [2.45, 2.75) is 25.9 Å². The minimum absolute atomic E-state index is 0.0407. The number of aliphatic hydroxyl groups excluding tert-OH is 1. The smallest absolute Gasteiger partial charge is 0.124 e. The van der Waals surface area contributed by atoms with E-state index < -0.39 is 0 Å². The molecule has 1 N–H and O–H groups in total. The van der Waals surface area contributed by atoms with Crippen LogP contribution in [0.2, 0.25) is 0 Å². The van der Waals surface area contributed by atoms with Gasteiger partial charge in [0.1, 0.15) is 5.82 Å². The first kappa shape index (κ1) is 15.2. The summed E-state index contributed by atoms with van der Waals surface area (Å²) < 4.78 is 19.3. The summed E-state index contributed by atoms with van der Waals surface area (Å²) in [4.78, 5) is 6.72. The Morgan fingerprint density at radius 3 is 3.09 bits per heavy atom. The number of pyridine rings is 1. The number of aryl methyl sites for hydroxylation is 1. The molecular formula is C17H21FN2O2. The fraction of sp³-hybridized carbons (Fsp3) is 0.471. The van der Waals surface area contributed by atoms with Gasteiger partial charge in [-0.2, -0.15) is 0 Å². The Morgan fingerprint density at radius 2 is 2.27 bits per heavy atom. The van der Waals surface area contributed by atoms with Gasteiger partial charge in [-0.1, -0.05) is 0 Å². The van der Waals surface area contributed by atoms with E-state index in [1.165, 1.54) is 6.07 Å². The van der Waals surface area contributed by atoms with Crippen molar-refractivity contribution >= 4 is 16.6 Å². The third-order valence-electron chi connectivity index (χ3n) is 4.04. The van der Waals surface area contributed by atoms with Crippen LogP contribution in [-0.2, 0) is 4.74 Å². The fourth-order valence-corrected chi connectivity index (χ4v) is 3.08. The molecule has 3 rings (SSSR count). The maximum Gasteiger partial charge on any atom is 0.124 e. The monoisotopic (exact) mass is 304 g/mol. The summed E-state index contributed by atoms with van der Waals surface area (Å²) in [6.07, 6.45) is 2.12. The van der Waals surface area contributed by atoms with Crippen LogP contribution in [0.5, 0.6) is 0 Å². The number of aliphatic hydroxyl groups is 1. The van der Waals surface area contributed by atoms with Crippen molar-refractivity contribution in [1.82, 2.24) is 4.98 Å². The van der Waals surface area contributed by atoms with E-state index in [-0.39, 0.29) is 18.5 Å².